The third-order valence-electron chi connectivity index (χ3n) is 4.66. The van der Waals surface area contributed by atoms with E-state index in [4.69, 9.17) is 19.2 Å². The first-order valence-corrected chi connectivity index (χ1v) is 9.62. The highest BCUT2D eigenvalue weighted by atomic mass is 16.5. The molecule has 152 valence electrons. The fourth-order valence-corrected chi connectivity index (χ4v) is 3.29. The van der Waals surface area contributed by atoms with E-state index < -0.39 is 0 Å². The number of allylic oxidation sites excluding steroid dienone is 1. The van der Waals surface area contributed by atoms with Crippen molar-refractivity contribution in [2.24, 2.45) is 4.99 Å². The molecule has 0 aromatic heterocycles. The van der Waals surface area contributed by atoms with E-state index in [2.05, 4.69) is 5.32 Å². The molecule has 1 heterocycles. The van der Waals surface area contributed by atoms with E-state index in [1.165, 1.54) is 0 Å². The molecular weight excluding hydrogens is 368 g/mol. The van der Waals surface area contributed by atoms with Crippen LogP contribution >= 0.6 is 0 Å². The number of ether oxygens (including phenoxy) is 3. The van der Waals surface area contributed by atoms with Crippen LogP contribution in [0.5, 0.6) is 11.5 Å². The fraction of sp³-hybridized carbons (Fsp3) is 0.304. The minimum Gasteiger partial charge on any atom is -0.497 e. The van der Waals surface area contributed by atoms with Crippen molar-refractivity contribution in [2.75, 3.05) is 33.9 Å². The zero-order valence-corrected chi connectivity index (χ0v) is 17.0. The number of hydrogen-bond donors (Lipinski definition) is 1. The first-order valence-electron chi connectivity index (χ1n) is 9.62. The predicted octanol–water partition coefficient (Wildman–Crippen LogP) is 3.24. The maximum absolute atomic E-state index is 11.9. The summed E-state index contributed by atoms with van der Waals surface area (Å²) in [5.41, 5.74) is 4.69. The van der Waals surface area contributed by atoms with Gasteiger partial charge in [-0.15, -0.1) is 0 Å². The molecule has 0 atom stereocenters. The number of esters is 1. The van der Waals surface area contributed by atoms with Crippen molar-refractivity contribution in [1.29, 1.82) is 0 Å². The smallest absolute Gasteiger partial charge is 0.325 e. The van der Waals surface area contributed by atoms with Crippen LogP contribution in [0.2, 0.25) is 0 Å². The summed E-state index contributed by atoms with van der Waals surface area (Å²) in [6.07, 6.45) is 2.80. The van der Waals surface area contributed by atoms with Gasteiger partial charge in [0.25, 0.3) is 0 Å². The van der Waals surface area contributed by atoms with Gasteiger partial charge in [-0.1, -0.05) is 24.3 Å². The van der Waals surface area contributed by atoms with Crippen LogP contribution in [-0.2, 0) is 16.0 Å². The van der Waals surface area contributed by atoms with Crippen molar-refractivity contribution in [2.45, 2.75) is 13.3 Å². The van der Waals surface area contributed by atoms with E-state index in [1.54, 1.807) is 21.1 Å². The lowest BCUT2D eigenvalue weighted by molar-refractivity contribution is -0.141. The number of rotatable bonds is 8. The van der Waals surface area contributed by atoms with Gasteiger partial charge >= 0.3 is 5.97 Å². The van der Waals surface area contributed by atoms with Crippen LogP contribution in [0.3, 0.4) is 0 Å². The quantitative estimate of drug-likeness (QED) is 0.696. The Bertz CT molecular complexity index is 934. The van der Waals surface area contributed by atoms with Crippen LogP contribution in [0.25, 0.3) is 5.70 Å². The van der Waals surface area contributed by atoms with Crippen molar-refractivity contribution in [3.05, 3.63) is 65.2 Å². The van der Waals surface area contributed by atoms with Gasteiger partial charge in [0.15, 0.2) is 0 Å². The molecule has 6 nitrogen and oxygen atoms in total. The summed E-state index contributed by atoms with van der Waals surface area (Å²) < 4.78 is 15.9. The second kappa shape index (κ2) is 9.78. The summed E-state index contributed by atoms with van der Waals surface area (Å²) in [6.45, 7) is 2.88. The molecule has 0 aliphatic carbocycles. The Morgan fingerprint density at radius 2 is 2.00 bits per heavy atom. The standard InChI is InChI=1S/C23H26N2O4/c1-4-29-23(26)15-25-20(16-7-5-8-17(13-16)27-2)14-21-18-9-6-10-22(28-3)19(18)11-12-24-21/h5-10,13-14,25H,4,11-12,15H2,1-3H3. The van der Waals surface area contributed by atoms with Gasteiger partial charge in [-0.3, -0.25) is 9.79 Å². The van der Waals surface area contributed by atoms with Gasteiger partial charge in [0.05, 0.1) is 26.5 Å². The Morgan fingerprint density at radius 1 is 1.17 bits per heavy atom. The van der Waals surface area contributed by atoms with Gasteiger partial charge in [0.1, 0.15) is 18.0 Å². The molecular formula is C23H26N2O4. The molecule has 1 aliphatic rings. The van der Waals surface area contributed by atoms with Crippen molar-refractivity contribution in [3.8, 4) is 11.5 Å². The summed E-state index contributed by atoms with van der Waals surface area (Å²) in [5, 5.41) is 3.20. The number of carbonyl (C=O) groups is 1. The van der Waals surface area contributed by atoms with Gasteiger partial charge in [-0.2, -0.15) is 0 Å². The topological polar surface area (TPSA) is 69.2 Å². The fourth-order valence-electron chi connectivity index (χ4n) is 3.29. The number of benzene rings is 2. The summed E-state index contributed by atoms with van der Waals surface area (Å²) in [7, 11) is 3.31. The minimum atomic E-state index is -0.311. The first-order chi connectivity index (χ1) is 14.2. The summed E-state index contributed by atoms with van der Waals surface area (Å²) in [5.74, 6) is 1.29. The van der Waals surface area contributed by atoms with E-state index >= 15 is 0 Å². The molecule has 1 N–H and O–H groups in total. The van der Waals surface area contributed by atoms with E-state index in [0.717, 1.165) is 46.0 Å². The van der Waals surface area contributed by atoms with Gasteiger partial charge in [-0.25, -0.2) is 0 Å². The van der Waals surface area contributed by atoms with Crippen molar-refractivity contribution < 1.29 is 19.0 Å². The monoisotopic (exact) mass is 394 g/mol. The SMILES string of the molecule is CCOC(=O)CNC(=CC1=NCCc2c(OC)cccc21)c1cccc(OC)c1. The lowest BCUT2D eigenvalue weighted by Crippen LogP contribution is -2.24. The van der Waals surface area contributed by atoms with E-state index in [-0.39, 0.29) is 12.5 Å². The van der Waals surface area contributed by atoms with Gasteiger partial charge in [0.2, 0.25) is 0 Å². The first kappa shape index (κ1) is 20.5. The Balaban J connectivity index is 1.98. The van der Waals surface area contributed by atoms with E-state index in [1.807, 2.05) is 48.5 Å². The van der Waals surface area contributed by atoms with Crippen LogP contribution in [0.15, 0.2) is 53.5 Å². The van der Waals surface area contributed by atoms with Crippen molar-refractivity contribution >= 4 is 17.4 Å². The van der Waals surface area contributed by atoms with Gasteiger partial charge in [-0.05, 0) is 37.6 Å². The van der Waals surface area contributed by atoms with Crippen LogP contribution in [0, 0.1) is 0 Å². The Kier molecular flexibility index (Phi) is 6.89. The Labute approximate surface area is 171 Å². The molecule has 2 aromatic rings. The maximum atomic E-state index is 11.9. The molecule has 6 heteroatoms. The Hall–Kier alpha value is -3.28. The summed E-state index contributed by atoms with van der Waals surface area (Å²) >= 11 is 0. The van der Waals surface area contributed by atoms with Crippen molar-refractivity contribution in [1.82, 2.24) is 5.32 Å². The zero-order chi connectivity index (χ0) is 20.6. The molecule has 1 aliphatic heterocycles. The maximum Gasteiger partial charge on any atom is 0.325 e. The van der Waals surface area contributed by atoms with Crippen LogP contribution in [0.4, 0.5) is 0 Å². The number of nitrogens with one attached hydrogen (secondary N) is 1. The van der Waals surface area contributed by atoms with Crippen LogP contribution in [-0.4, -0.2) is 45.6 Å². The second-order valence-electron chi connectivity index (χ2n) is 6.45. The molecule has 0 fully saturated rings. The number of nitrogens with zero attached hydrogens (tertiary/aromatic N) is 1. The Morgan fingerprint density at radius 3 is 2.76 bits per heavy atom. The van der Waals surface area contributed by atoms with Crippen LogP contribution in [0.1, 0.15) is 23.6 Å². The molecule has 2 aromatic carbocycles. The molecule has 0 amide bonds. The number of carbonyl (C=O) groups excluding carboxylic acids is 1. The van der Waals surface area contributed by atoms with Gasteiger partial charge < -0.3 is 19.5 Å². The molecule has 0 unspecified atom stereocenters. The lowest BCUT2D eigenvalue weighted by atomic mass is 9.95. The largest absolute Gasteiger partial charge is 0.497 e. The average molecular weight is 394 g/mol. The highest BCUT2D eigenvalue weighted by Crippen LogP contribution is 2.28. The second-order valence-corrected chi connectivity index (χ2v) is 6.45. The third kappa shape index (κ3) is 4.96. The highest BCUT2D eigenvalue weighted by molar-refractivity contribution is 6.13. The zero-order valence-electron chi connectivity index (χ0n) is 17.0. The molecule has 0 saturated carbocycles. The minimum absolute atomic E-state index is 0.0646. The van der Waals surface area contributed by atoms with Crippen molar-refractivity contribution in [3.63, 3.8) is 0 Å². The molecule has 0 bridgehead atoms. The number of aliphatic imine (C=N–C) groups is 1. The number of hydrogen-bond acceptors (Lipinski definition) is 6. The molecule has 0 radical (unpaired) electrons. The number of fused-ring (bicyclic) bond motifs is 1. The number of methoxy groups -OCH3 is 2. The average Bonchev–Trinajstić information content (AvgIpc) is 2.76. The molecule has 0 saturated heterocycles. The molecule has 29 heavy (non-hydrogen) atoms. The van der Waals surface area contributed by atoms with Gasteiger partial charge in [0, 0.05) is 28.9 Å². The normalized spacial score (nSPS) is 13.2. The highest BCUT2D eigenvalue weighted by Gasteiger charge is 2.18. The summed E-state index contributed by atoms with van der Waals surface area (Å²) in [4.78, 5) is 16.6. The van der Waals surface area contributed by atoms with Crippen LogP contribution < -0.4 is 14.8 Å². The molecule has 0 spiro atoms. The lowest BCUT2D eigenvalue weighted by Gasteiger charge is -2.19. The van der Waals surface area contributed by atoms with E-state index in [9.17, 15) is 4.79 Å². The third-order valence-corrected chi connectivity index (χ3v) is 4.66. The molecule has 3 rings (SSSR count). The predicted molar refractivity (Wildman–Crippen MR) is 114 cm³/mol. The summed E-state index contributed by atoms with van der Waals surface area (Å²) in [6, 6.07) is 13.6. The van der Waals surface area contributed by atoms with E-state index in [0.29, 0.717) is 13.2 Å².